The Balaban J connectivity index is 1.40. The molecule has 0 aliphatic rings. The number of benzene rings is 2. The van der Waals surface area contributed by atoms with Gasteiger partial charge >= 0.3 is 6.36 Å². The highest BCUT2D eigenvalue weighted by atomic mass is 35.5. The van der Waals surface area contributed by atoms with E-state index in [0.717, 1.165) is 35.2 Å². The molecule has 0 radical (unpaired) electrons. The van der Waals surface area contributed by atoms with Crippen molar-refractivity contribution in [3.63, 3.8) is 0 Å². The maximum absolute atomic E-state index is 12.2. The van der Waals surface area contributed by atoms with E-state index in [4.69, 9.17) is 16.3 Å². The third kappa shape index (κ3) is 8.79. The lowest BCUT2D eigenvalue weighted by Crippen LogP contribution is -2.20. The smallest absolute Gasteiger partial charge is 0.484 e. The van der Waals surface area contributed by atoms with Crippen molar-refractivity contribution < 1.29 is 32.2 Å². The first kappa shape index (κ1) is 24.6. The number of nitrogens with zero attached hydrogens (tertiary/aromatic N) is 2. The Bertz CT molecular complexity index is 1100. The summed E-state index contributed by atoms with van der Waals surface area (Å²) < 4.78 is 46.0. The van der Waals surface area contributed by atoms with E-state index in [1.165, 1.54) is 12.1 Å². The van der Waals surface area contributed by atoms with Crippen LogP contribution in [0.3, 0.4) is 0 Å². The number of hydrogen-bond donors (Lipinski definition) is 2. The summed E-state index contributed by atoms with van der Waals surface area (Å²) >= 11 is 7.94. The molecular weight excluding hydrogens is 505 g/mol. The molecule has 0 atom stereocenters. The second-order valence-corrected chi connectivity index (χ2v) is 8.71. The van der Waals surface area contributed by atoms with E-state index >= 15 is 0 Å². The van der Waals surface area contributed by atoms with Crippen LogP contribution in [-0.4, -0.2) is 40.7 Å². The summed E-state index contributed by atoms with van der Waals surface area (Å²) in [5.74, 6) is -0.772. The number of alkyl halides is 3. The van der Waals surface area contributed by atoms with Gasteiger partial charge in [0, 0.05) is 10.7 Å². The highest BCUT2D eigenvalue weighted by molar-refractivity contribution is 8.01. The Morgan fingerprint density at radius 1 is 0.970 bits per heavy atom. The van der Waals surface area contributed by atoms with Gasteiger partial charge in [-0.25, -0.2) is 0 Å². The van der Waals surface area contributed by atoms with Crippen LogP contribution >= 0.6 is 34.7 Å². The normalized spacial score (nSPS) is 11.0. The average molecular weight is 519 g/mol. The van der Waals surface area contributed by atoms with Crippen LogP contribution in [0.4, 0.5) is 24.0 Å². The summed E-state index contributed by atoms with van der Waals surface area (Å²) in [6.07, 6.45) is -4.79. The molecule has 33 heavy (non-hydrogen) atoms. The first-order valence-electron chi connectivity index (χ1n) is 8.96. The second kappa shape index (κ2) is 11.2. The Labute approximate surface area is 198 Å². The quantitative estimate of drug-likeness (QED) is 0.309. The van der Waals surface area contributed by atoms with Gasteiger partial charge in [-0.2, -0.15) is 0 Å². The number of carbonyl (C=O) groups excluding carboxylic acids is 2. The molecule has 2 N–H and O–H groups in total. The van der Waals surface area contributed by atoms with Crippen LogP contribution in [0.25, 0.3) is 0 Å². The third-order valence-corrected chi connectivity index (χ3v) is 5.76. The fourth-order valence-corrected chi connectivity index (χ4v) is 3.91. The molecule has 3 rings (SSSR count). The number of amides is 2. The molecule has 2 aromatic carbocycles. The maximum atomic E-state index is 12.2. The lowest BCUT2D eigenvalue weighted by Gasteiger charge is -2.09. The number of nitrogens with one attached hydrogen (secondary N) is 2. The topological polar surface area (TPSA) is 102 Å². The van der Waals surface area contributed by atoms with Gasteiger partial charge < -0.3 is 14.8 Å². The van der Waals surface area contributed by atoms with Gasteiger partial charge in [-0.05, 0) is 48.5 Å². The van der Waals surface area contributed by atoms with E-state index in [9.17, 15) is 22.8 Å². The fraction of sp³-hybridized carbons (Fsp3) is 0.158. The summed E-state index contributed by atoms with van der Waals surface area (Å²) in [7, 11) is 0. The zero-order chi connectivity index (χ0) is 23.8. The van der Waals surface area contributed by atoms with Crippen LogP contribution in [0.5, 0.6) is 11.5 Å². The molecule has 1 aromatic heterocycles. The van der Waals surface area contributed by atoms with Gasteiger partial charge in [-0.3, -0.25) is 14.9 Å². The van der Waals surface area contributed by atoms with Crippen LogP contribution in [0.1, 0.15) is 0 Å². The zero-order valence-electron chi connectivity index (χ0n) is 16.4. The average Bonchev–Trinajstić information content (AvgIpc) is 3.19. The second-order valence-electron chi connectivity index (χ2n) is 6.07. The van der Waals surface area contributed by atoms with Gasteiger partial charge in [0.25, 0.3) is 5.91 Å². The fourth-order valence-electron chi connectivity index (χ4n) is 2.22. The molecular formula is C19H14ClF3N4O4S2. The highest BCUT2D eigenvalue weighted by Gasteiger charge is 2.30. The van der Waals surface area contributed by atoms with E-state index in [-0.39, 0.29) is 17.5 Å². The van der Waals surface area contributed by atoms with Crippen LogP contribution in [0, 0.1) is 0 Å². The van der Waals surface area contributed by atoms with E-state index in [1.54, 1.807) is 24.3 Å². The molecule has 0 saturated heterocycles. The minimum Gasteiger partial charge on any atom is -0.484 e. The minimum absolute atomic E-state index is 0.0247. The molecule has 0 saturated carbocycles. The molecule has 0 aliphatic carbocycles. The lowest BCUT2D eigenvalue weighted by molar-refractivity contribution is -0.274. The predicted molar refractivity (Wildman–Crippen MR) is 118 cm³/mol. The van der Waals surface area contributed by atoms with Crippen LogP contribution in [0.2, 0.25) is 5.02 Å². The molecule has 174 valence electrons. The molecule has 1 heterocycles. The van der Waals surface area contributed by atoms with Crippen molar-refractivity contribution in [2.45, 2.75) is 10.7 Å². The van der Waals surface area contributed by atoms with Crippen molar-refractivity contribution in [3.8, 4) is 11.5 Å². The molecule has 0 spiro atoms. The molecule has 14 heteroatoms. The molecule has 0 fully saturated rings. The van der Waals surface area contributed by atoms with Gasteiger partial charge in [-0.1, -0.05) is 34.7 Å². The zero-order valence-corrected chi connectivity index (χ0v) is 18.8. The van der Waals surface area contributed by atoms with E-state index in [2.05, 4.69) is 25.6 Å². The summed E-state index contributed by atoms with van der Waals surface area (Å²) in [5.41, 5.74) is 0.307. The molecule has 8 nitrogen and oxygen atoms in total. The Hall–Kier alpha value is -3.03. The SMILES string of the molecule is O=C(CSc1nnc(NC(=O)COc2ccc(Cl)cc2)s1)Nc1ccc(OC(F)(F)F)cc1. The summed E-state index contributed by atoms with van der Waals surface area (Å²) in [6, 6.07) is 11.3. The highest BCUT2D eigenvalue weighted by Crippen LogP contribution is 2.26. The van der Waals surface area contributed by atoms with Gasteiger partial charge in [0.2, 0.25) is 11.0 Å². The first-order chi connectivity index (χ1) is 15.7. The summed E-state index contributed by atoms with van der Waals surface area (Å²) in [4.78, 5) is 24.0. The third-order valence-electron chi connectivity index (χ3n) is 3.53. The van der Waals surface area contributed by atoms with Gasteiger partial charge in [0.1, 0.15) is 11.5 Å². The standard InChI is InChI=1S/C19H14ClF3N4O4S2/c20-11-1-5-13(6-2-11)30-9-15(28)25-17-26-27-18(33-17)32-10-16(29)24-12-3-7-14(8-4-12)31-19(21,22)23/h1-8H,9-10H2,(H,24,29)(H,25,26,28). The van der Waals surface area contributed by atoms with Crippen LogP contribution < -0.4 is 20.1 Å². The lowest BCUT2D eigenvalue weighted by atomic mass is 10.3. The van der Waals surface area contributed by atoms with Gasteiger partial charge in [-0.15, -0.1) is 23.4 Å². The summed E-state index contributed by atoms with van der Waals surface area (Å²) in [5, 5.41) is 13.6. The number of rotatable bonds is 9. The van der Waals surface area contributed by atoms with E-state index in [1.807, 2.05) is 0 Å². The molecule has 3 aromatic rings. The monoisotopic (exact) mass is 518 g/mol. The van der Waals surface area contributed by atoms with Crippen LogP contribution in [0.15, 0.2) is 52.9 Å². The van der Waals surface area contributed by atoms with Gasteiger partial charge in [0.15, 0.2) is 10.9 Å². The number of carbonyl (C=O) groups is 2. The van der Waals surface area contributed by atoms with Crippen molar-refractivity contribution in [3.05, 3.63) is 53.6 Å². The largest absolute Gasteiger partial charge is 0.573 e. The van der Waals surface area contributed by atoms with Crippen molar-refractivity contribution >= 4 is 57.3 Å². The molecule has 0 unspecified atom stereocenters. The predicted octanol–water partition coefficient (Wildman–Crippen LogP) is 4.84. The molecule has 0 bridgehead atoms. The number of hydrogen-bond acceptors (Lipinski definition) is 8. The maximum Gasteiger partial charge on any atom is 0.573 e. The Morgan fingerprint density at radius 3 is 2.30 bits per heavy atom. The minimum atomic E-state index is -4.79. The number of thioether (sulfide) groups is 1. The van der Waals surface area contributed by atoms with E-state index < -0.39 is 23.9 Å². The van der Waals surface area contributed by atoms with Crippen LogP contribution in [-0.2, 0) is 9.59 Å². The number of anilines is 2. The summed E-state index contributed by atoms with van der Waals surface area (Å²) in [6.45, 7) is -0.237. The molecule has 0 aliphatic heterocycles. The van der Waals surface area contributed by atoms with Crippen molar-refractivity contribution in [2.75, 3.05) is 23.0 Å². The van der Waals surface area contributed by atoms with Crippen molar-refractivity contribution in [1.29, 1.82) is 0 Å². The van der Waals surface area contributed by atoms with Crippen molar-refractivity contribution in [1.82, 2.24) is 10.2 Å². The van der Waals surface area contributed by atoms with Crippen molar-refractivity contribution in [2.24, 2.45) is 0 Å². The number of ether oxygens (including phenoxy) is 2. The Morgan fingerprint density at radius 2 is 1.64 bits per heavy atom. The first-order valence-corrected chi connectivity index (χ1v) is 11.1. The number of aromatic nitrogens is 2. The van der Waals surface area contributed by atoms with Gasteiger partial charge in [0.05, 0.1) is 5.75 Å². The van der Waals surface area contributed by atoms with E-state index in [0.29, 0.717) is 20.8 Å². The molecule has 2 amide bonds. The Kier molecular flexibility index (Phi) is 8.36. The number of halogens is 4.